The van der Waals surface area contributed by atoms with E-state index in [0.717, 1.165) is 6.42 Å². The first-order valence-corrected chi connectivity index (χ1v) is 6.25. The summed E-state index contributed by atoms with van der Waals surface area (Å²) < 4.78 is 11.0. The van der Waals surface area contributed by atoms with Crippen LogP contribution in [0.5, 0.6) is 17.2 Å². The van der Waals surface area contributed by atoms with E-state index in [1.165, 1.54) is 6.07 Å². The first kappa shape index (κ1) is 13.5. The van der Waals surface area contributed by atoms with Crippen LogP contribution in [0.15, 0.2) is 12.1 Å². The molecule has 1 aliphatic rings. The molecule has 0 saturated heterocycles. The van der Waals surface area contributed by atoms with E-state index in [1.54, 1.807) is 19.9 Å². The predicted molar refractivity (Wildman–Crippen MR) is 68.8 cm³/mol. The SMILES string of the molecule is CC(C)(Cc1cc2c(cc1O)OCCCO2)C(=O)O. The van der Waals surface area contributed by atoms with Crippen LogP contribution < -0.4 is 9.47 Å². The second kappa shape index (κ2) is 4.99. The Bertz CT molecular complexity index is 493. The van der Waals surface area contributed by atoms with E-state index < -0.39 is 11.4 Å². The van der Waals surface area contributed by atoms with Crippen LogP contribution in [-0.4, -0.2) is 29.4 Å². The Kier molecular flexibility index (Phi) is 3.55. The number of carboxylic acid groups (broad SMARTS) is 1. The van der Waals surface area contributed by atoms with Crippen molar-refractivity contribution in [2.24, 2.45) is 5.41 Å². The number of hydrogen-bond donors (Lipinski definition) is 2. The Hall–Kier alpha value is -1.91. The molecule has 2 N–H and O–H groups in total. The van der Waals surface area contributed by atoms with Crippen LogP contribution in [0.3, 0.4) is 0 Å². The lowest BCUT2D eigenvalue weighted by Crippen LogP contribution is -2.26. The van der Waals surface area contributed by atoms with E-state index in [-0.39, 0.29) is 12.2 Å². The zero-order valence-corrected chi connectivity index (χ0v) is 11.1. The fourth-order valence-corrected chi connectivity index (χ4v) is 1.93. The van der Waals surface area contributed by atoms with E-state index in [1.807, 2.05) is 0 Å². The third-order valence-electron chi connectivity index (χ3n) is 3.16. The van der Waals surface area contributed by atoms with Gasteiger partial charge in [-0.25, -0.2) is 0 Å². The standard InChI is InChI=1S/C14H18O5/c1-14(2,13(16)17)8-9-6-11-12(7-10(9)15)19-5-3-4-18-11/h6-7,15H,3-5,8H2,1-2H3,(H,16,17). The van der Waals surface area contributed by atoms with Crippen molar-refractivity contribution in [1.82, 2.24) is 0 Å². The summed E-state index contributed by atoms with van der Waals surface area (Å²) in [6, 6.07) is 3.16. The Balaban J connectivity index is 2.32. The number of rotatable bonds is 3. The van der Waals surface area contributed by atoms with Crippen molar-refractivity contribution >= 4 is 5.97 Å². The molecule has 5 heteroatoms. The number of benzene rings is 1. The Morgan fingerprint density at radius 3 is 2.42 bits per heavy atom. The van der Waals surface area contributed by atoms with Gasteiger partial charge in [-0.15, -0.1) is 0 Å². The molecule has 2 rings (SSSR count). The Labute approximate surface area is 111 Å². The molecule has 1 aliphatic heterocycles. The molecule has 1 aromatic carbocycles. The number of aromatic hydroxyl groups is 1. The number of hydrogen-bond acceptors (Lipinski definition) is 4. The molecule has 0 atom stereocenters. The Morgan fingerprint density at radius 2 is 1.84 bits per heavy atom. The third kappa shape index (κ3) is 2.92. The van der Waals surface area contributed by atoms with Gasteiger partial charge in [0.05, 0.1) is 18.6 Å². The minimum absolute atomic E-state index is 0.0403. The second-order valence-corrected chi connectivity index (χ2v) is 5.34. The van der Waals surface area contributed by atoms with Crippen LogP contribution in [0.2, 0.25) is 0 Å². The van der Waals surface area contributed by atoms with E-state index >= 15 is 0 Å². The fourth-order valence-electron chi connectivity index (χ4n) is 1.93. The van der Waals surface area contributed by atoms with Gasteiger partial charge >= 0.3 is 5.97 Å². The molecular weight excluding hydrogens is 248 g/mol. The summed E-state index contributed by atoms with van der Waals surface area (Å²) in [7, 11) is 0. The van der Waals surface area contributed by atoms with Crippen molar-refractivity contribution in [1.29, 1.82) is 0 Å². The van der Waals surface area contributed by atoms with Crippen LogP contribution in [-0.2, 0) is 11.2 Å². The van der Waals surface area contributed by atoms with Crippen molar-refractivity contribution < 1.29 is 24.5 Å². The molecule has 0 radical (unpaired) electrons. The fraction of sp³-hybridized carbons (Fsp3) is 0.500. The minimum Gasteiger partial charge on any atom is -0.508 e. The molecule has 0 amide bonds. The van der Waals surface area contributed by atoms with E-state index in [2.05, 4.69) is 0 Å². The largest absolute Gasteiger partial charge is 0.508 e. The normalized spacial score (nSPS) is 14.8. The van der Waals surface area contributed by atoms with E-state index in [0.29, 0.717) is 30.3 Å². The highest BCUT2D eigenvalue weighted by Crippen LogP contribution is 2.38. The molecule has 0 saturated carbocycles. The molecule has 1 heterocycles. The molecule has 5 nitrogen and oxygen atoms in total. The van der Waals surface area contributed by atoms with Gasteiger partial charge in [-0.1, -0.05) is 0 Å². The molecule has 0 unspecified atom stereocenters. The van der Waals surface area contributed by atoms with Gasteiger partial charge in [0.1, 0.15) is 5.75 Å². The number of fused-ring (bicyclic) bond motifs is 1. The maximum atomic E-state index is 11.1. The smallest absolute Gasteiger partial charge is 0.309 e. The van der Waals surface area contributed by atoms with Crippen LogP contribution in [0.1, 0.15) is 25.8 Å². The van der Waals surface area contributed by atoms with Crippen LogP contribution in [0.25, 0.3) is 0 Å². The quantitative estimate of drug-likeness (QED) is 0.877. The lowest BCUT2D eigenvalue weighted by molar-refractivity contribution is -0.146. The van der Waals surface area contributed by atoms with Gasteiger partial charge in [-0.05, 0) is 31.9 Å². The highest BCUT2D eigenvalue weighted by molar-refractivity contribution is 5.74. The number of ether oxygens (including phenoxy) is 2. The lowest BCUT2D eigenvalue weighted by atomic mass is 9.85. The summed E-state index contributed by atoms with van der Waals surface area (Å²) >= 11 is 0. The number of carbonyl (C=O) groups is 1. The zero-order chi connectivity index (χ0) is 14.0. The molecule has 0 fully saturated rings. The molecule has 0 aliphatic carbocycles. The van der Waals surface area contributed by atoms with Crippen LogP contribution in [0, 0.1) is 5.41 Å². The highest BCUT2D eigenvalue weighted by Gasteiger charge is 2.29. The van der Waals surface area contributed by atoms with Crippen LogP contribution in [0.4, 0.5) is 0 Å². The highest BCUT2D eigenvalue weighted by atomic mass is 16.5. The minimum atomic E-state index is -0.947. The monoisotopic (exact) mass is 266 g/mol. The van der Waals surface area contributed by atoms with Gasteiger partial charge in [0.2, 0.25) is 0 Å². The van der Waals surface area contributed by atoms with E-state index in [4.69, 9.17) is 14.6 Å². The maximum Gasteiger partial charge on any atom is 0.309 e. The van der Waals surface area contributed by atoms with Gasteiger partial charge in [0.15, 0.2) is 11.5 Å². The number of aliphatic carboxylic acids is 1. The summed E-state index contributed by atoms with van der Waals surface area (Å²) in [6.45, 7) is 4.35. The molecule has 104 valence electrons. The molecule has 0 aromatic heterocycles. The van der Waals surface area contributed by atoms with E-state index in [9.17, 15) is 9.90 Å². The van der Waals surface area contributed by atoms with Crippen molar-refractivity contribution in [2.75, 3.05) is 13.2 Å². The number of phenolic OH excluding ortho intramolecular Hbond substituents is 1. The van der Waals surface area contributed by atoms with Crippen molar-refractivity contribution in [3.63, 3.8) is 0 Å². The molecule has 1 aromatic rings. The predicted octanol–water partition coefficient (Wildman–Crippen LogP) is 2.21. The Morgan fingerprint density at radius 1 is 1.26 bits per heavy atom. The second-order valence-electron chi connectivity index (χ2n) is 5.34. The first-order chi connectivity index (χ1) is 8.90. The molecule has 0 bridgehead atoms. The van der Waals surface area contributed by atoms with Crippen molar-refractivity contribution in [3.05, 3.63) is 17.7 Å². The summed E-state index contributed by atoms with van der Waals surface area (Å²) in [4.78, 5) is 11.1. The molecule has 0 spiro atoms. The number of phenols is 1. The molecular formula is C14H18O5. The van der Waals surface area contributed by atoms with Gasteiger partial charge < -0.3 is 19.7 Å². The summed E-state index contributed by atoms with van der Waals surface area (Å²) in [5.41, 5.74) is -0.395. The number of carboxylic acids is 1. The van der Waals surface area contributed by atoms with Gasteiger partial charge in [0.25, 0.3) is 0 Å². The van der Waals surface area contributed by atoms with Gasteiger partial charge in [-0.2, -0.15) is 0 Å². The maximum absolute atomic E-state index is 11.1. The summed E-state index contributed by atoms with van der Waals surface area (Å²) in [5, 5.41) is 19.1. The molecule has 19 heavy (non-hydrogen) atoms. The topological polar surface area (TPSA) is 76.0 Å². The summed E-state index contributed by atoms with van der Waals surface area (Å²) in [5.74, 6) is 0.205. The van der Waals surface area contributed by atoms with Crippen LogP contribution >= 0.6 is 0 Å². The van der Waals surface area contributed by atoms with Crippen molar-refractivity contribution in [3.8, 4) is 17.2 Å². The average Bonchev–Trinajstić information content (AvgIpc) is 2.54. The average molecular weight is 266 g/mol. The van der Waals surface area contributed by atoms with Gasteiger partial charge in [0, 0.05) is 12.5 Å². The third-order valence-corrected chi connectivity index (χ3v) is 3.16. The zero-order valence-electron chi connectivity index (χ0n) is 11.1. The van der Waals surface area contributed by atoms with Crippen molar-refractivity contribution in [2.45, 2.75) is 26.7 Å². The summed E-state index contributed by atoms with van der Waals surface area (Å²) in [6.07, 6.45) is 1.01. The first-order valence-electron chi connectivity index (χ1n) is 6.25. The lowest BCUT2D eigenvalue weighted by Gasteiger charge is -2.20. The van der Waals surface area contributed by atoms with Gasteiger partial charge in [-0.3, -0.25) is 4.79 Å².